The number of benzene rings is 2. The van der Waals surface area contributed by atoms with Crippen molar-refractivity contribution in [3.05, 3.63) is 40.6 Å². The van der Waals surface area contributed by atoms with Gasteiger partial charge in [-0.15, -0.1) is 0 Å². The summed E-state index contributed by atoms with van der Waals surface area (Å²) >= 11 is 0. The third kappa shape index (κ3) is 7.09. The summed E-state index contributed by atoms with van der Waals surface area (Å²) in [6.07, 6.45) is -24.0. The fourth-order valence-corrected chi connectivity index (χ4v) is 6.03. The van der Waals surface area contributed by atoms with Gasteiger partial charge >= 0.3 is 0 Å². The van der Waals surface area contributed by atoms with Gasteiger partial charge in [-0.2, -0.15) is 0 Å². The minimum absolute atomic E-state index is 0.0610. The standard InChI is InChI=1S/C32H38O20/c1-9-19(38)24(43)29(52-31-26(45)23(42)21(40)17(50-31)8-47-30-25(44)20(39)15(37)7-46-30)32(48-9)51-28-22(41)18-14(36)5-11(33)6-16(18)49-27(28)10-2-3-12(34)13(35)4-10/h2-6,9,15,17,19-21,23-26,29-40,42-45H,7-8H2,1H3/t9-,15+,17+,19-,20-,21+,23-,24+,25+,26+,29+,30-,31-,32-/m0/s1. The van der Waals surface area contributed by atoms with Crippen LogP contribution in [0.5, 0.6) is 28.7 Å². The van der Waals surface area contributed by atoms with Crippen LogP contribution in [-0.4, -0.2) is 161 Å². The van der Waals surface area contributed by atoms with Crippen LogP contribution < -0.4 is 10.2 Å². The molecule has 20 nitrogen and oxygen atoms in total. The van der Waals surface area contributed by atoms with Gasteiger partial charge in [0.25, 0.3) is 0 Å². The lowest BCUT2D eigenvalue weighted by Crippen LogP contribution is -2.64. The number of hydrogen-bond donors (Lipinski definition) is 12. The number of phenolic OH excluding ortho intramolecular Hbond substituents is 4. The van der Waals surface area contributed by atoms with Crippen molar-refractivity contribution in [2.45, 2.75) is 92.9 Å². The van der Waals surface area contributed by atoms with Crippen LogP contribution in [0.4, 0.5) is 0 Å². The summed E-state index contributed by atoms with van der Waals surface area (Å²) in [5.41, 5.74) is -1.43. The Morgan fingerprint density at radius 3 is 2.15 bits per heavy atom. The predicted octanol–water partition coefficient (Wildman–Crippen LogP) is -3.22. The lowest BCUT2D eigenvalue weighted by atomic mass is 9.97. The van der Waals surface area contributed by atoms with Gasteiger partial charge in [0.1, 0.15) is 77.4 Å². The fraction of sp³-hybridized carbons (Fsp3) is 0.531. The molecule has 0 amide bonds. The zero-order chi connectivity index (χ0) is 37.8. The first-order valence-corrected chi connectivity index (χ1v) is 15.9. The maximum absolute atomic E-state index is 13.9. The van der Waals surface area contributed by atoms with Crippen LogP contribution >= 0.6 is 0 Å². The smallest absolute Gasteiger partial charge is 0.239 e. The summed E-state index contributed by atoms with van der Waals surface area (Å²) in [7, 11) is 0. The Bertz CT molecular complexity index is 1800. The van der Waals surface area contributed by atoms with Crippen LogP contribution in [0.15, 0.2) is 39.5 Å². The molecule has 0 spiro atoms. The van der Waals surface area contributed by atoms with E-state index in [-0.39, 0.29) is 11.1 Å². The topological polar surface area (TPSA) is 328 Å². The maximum atomic E-state index is 13.9. The van der Waals surface area contributed by atoms with E-state index in [9.17, 15) is 66.1 Å². The van der Waals surface area contributed by atoms with Crippen molar-refractivity contribution in [2.75, 3.05) is 13.2 Å². The minimum atomic E-state index is -2.02. The van der Waals surface area contributed by atoms with Gasteiger partial charge in [0, 0.05) is 17.7 Å². The summed E-state index contributed by atoms with van der Waals surface area (Å²) in [4.78, 5) is 13.9. The summed E-state index contributed by atoms with van der Waals surface area (Å²) in [6.45, 7) is 0.297. The van der Waals surface area contributed by atoms with E-state index in [0.717, 1.165) is 24.3 Å². The van der Waals surface area contributed by atoms with Crippen molar-refractivity contribution in [1.82, 2.24) is 0 Å². The van der Waals surface area contributed by atoms with Gasteiger partial charge in [-0.3, -0.25) is 4.79 Å². The van der Waals surface area contributed by atoms with E-state index in [2.05, 4.69) is 0 Å². The van der Waals surface area contributed by atoms with Gasteiger partial charge < -0.3 is 94.1 Å². The van der Waals surface area contributed by atoms with E-state index < -0.39 is 145 Å². The number of aliphatic hydroxyl groups is 8. The third-order valence-electron chi connectivity index (χ3n) is 9.01. The molecule has 286 valence electrons. The van der Waals surface area contributed by atoms with Crippen molar-refractivity contribution >= 4 is 11.0 Å². The number of aromatic hydroxyl groups is 4. The molecule has 3 aromatic rings. The number of aliphatic hydroxyl groups excluding tert-OH is 8. The molecule has 52 heavy (non-hydrogen) atoms. The molecular weight excluding hydrogens is 704 g/mol. The van der Waals surface area contributed by atoms with Gasteiger partial charge in [0.05, 0.1) is 19.3 Å². The summed E-state index contributed by atoms with van der Waals surface area (Å²) in [5.74, 6) is -3.49. The second-order valence-electron chi connectivity index (χ2n) is 12.6. The number of rotatable bonds is 8. The van der Waals surface area contributed by atoms with Gasteiger partial charge in [-0.25, -0.2) is 0 Å². The Kier molecular flexibility index (Phi) is 10.8. The summed E-state index contributed by atoms with van der Waals surface area (Å²) in [5, 5.41) is 124. The van der Waals surface area contributed by atoms with E-state index in [4.69, 9.17) is 32.8 Å². The summed E-state index contributed by atoms with van der Waals surface area (Å²) in [6, 6.07) is 5.18. The van der Waals surface area contributed by atoms with Crippen LogP contribution in [0.3, 0.4) is 0 Å². The van der Waals surface area contributed by atoms with Crippen LogP contribution in [0, 0.1) is 0 Å². The predicted molar refractivity (Wildman–Crippen MR) is 167 cm³/mol. The Balaban J connectivity index is 1.32. The van der Waals surface area contributed by atoms with Crippen molar-refractivity contribution in [3.63, 3.8) is 0 Å². The average molecular weight is 743 g/mol. The SMILES string of the molecule is C[C@@H]1O[C@@H](Oc2c(-c3ccc(O)c(O)c3)oc3cc(O)cc(O)c3c2=O)[C@H](O[C@@H]2O[C@H](CO[C@@H]3OC[C@@H](O)[C@H](O)[C@H]3O)[C@@H](O)[C@H](O)[C@H]2O)[C@H](O)[C@H]1O. The molecule has 1 aromatic heterocycles. The molecule has 14 atom stereocenters. The Morgan fingerprint density at radius 2 is 1.44 bits per heavy atom. The zero-order valence-corrected chi connectivity index (χ0v) is 27.0. The first-order chi connectivity index (χ1) is 24.6. The fourth-order valence-electron chi connectivity index (χ4n) is 6.03. The van der Waals surface area contributed by atoms with Crippen molar-refractivity contribution < 1.29 is 94.1 Å². The molecule has 0 radical (unpaired) electrons. The second kappa shape index (κ2) is 14.9. The molecule has 2 aromatic carbocycles. The first-order valence-electron chi connectivity index (χ1n) is 15.9. The lowest BCUT2D eigenvalue weighted by molar-refractivity contribution is -0.360. The Labute approximate surface area is 292 Å². The molecule has 20 heteroatoms. The molecular formula is C32H38O20. The number of hydrogen-bond acceptors (Lipinski definition) is 20. The second-order valence-corrected chi connectivity index (χ2v) is 12.6. The third-order valence-corrected chi connectivity index (χ3v) is 9.01. The minimum Gasteiger partial charge on any atom is -0.508 e. The van der Waals surface area contributed by atoms with Crippen LogP contribution in [0.25, 0.3) is 22.3 Å². The van der Waals surface area contributed by atoms with Gasteiger partial charge in [-0.1, -0.05) is 0 Å². The monoisotopic (exact) mass is 742 g/mol. The molecule has 0 saturated carbocycles. The largest absolute Gasteiger partial charge is 0.508 e. The molecule has 0 bridgehead atoms. The summed E-state index contributed by atoms with van der Waals surface area (Å²) < 4.78 is 39.5. The first kappa shape index (κ1) is 37.9. The molecule has 0 aliphatic carbocycles. The molecule has 4 heterocycles. The van der Waals surface area contributed by atoms with Crippen molar-refractivity contribution in [1.29, 1.82) is 0 Å². The normalized spacial score (nSPS) is 36.9. The average Bonchev–Trinajstić information content (AvgIpc) is 3.10. The highest BCUT2D eigenvalue weighted by molar-refractivity contribution is 5.88. The van der Waals surface area contributed by atoms with E-state index >= 15 is 0 Å². The molecule has 6 rings (SSSR count). The highest BCUT2D eigenvalue weighted by Gasteiger charge is 2.51. The van der Waals surface area contributed by atoms with Crippen LogP contribution in [0.2, 0.25) is 0 Å². The van der Waals surface area contributed by atoms with E-state index in [0.29, 0.717) is 0 Å². The highest BCUT2D eigenvalue weighted by atomic mass is 16.8. The van der Waals surface area contributed by atoms with E-state index in [1.54, 1.807) is 0 Å². The highest BCUT2D eigenvalue weighted by Crippen LogP contribution is 2.40. The van der Waals surface area contributed by atoms with E-state index in [1.807, 2.05) is 0 Å². The van der Waals surface area contributed by atoms with E-state index in [1.165, 1.54) is 13.0 Å². The molecule has 0 unspecified atom stereocenters. The van der Waals surface area contributed by atoms with Crippen molar-refractivity contribution in [3.8, 4) is 40.1 Å². The van der Waals surface area contributed by atoms with Gasteiger partial charge in [0.15, 0.2) is 35.9 Å². The van der Waals surface area contributed by atoms with Crippen molar-refractivity contribution in [2.24, 2.45) is 0 Å². The molecule has 3 saturated heterocycles. The zero-order valence-electron chi connectivity index (χ0n) is 27.0. The lowest BCUT2D eigenvalue weighted by Gasteiger charge is -2.46. The molecule has 3 aliphatic heterocycles. The van der Waals surface area contributed by atoms with Crippen LogP contribution in [0.1, 0.15) is 6.92 Å². The molecule has 3 fully saturated rings. The number of fused-ring (bicyclic) bond motifs is 1. The molecule has 3 aliphatic rings. The number of phenols is 4. The quantitative estimate of drug-likeness (QED) is 0.101. The Morgan fingerprint density at radius 1 is 0.731 bits per heavy atom. The molecule has 12 N–H and O–H groups in total. The van der Waals surface area contributed by atoms with Crippen LogP contribution in [-0.2, 0) is 23.7 Å². The van der Waals surface area contributed by atoms with Gasteiger partial charge in [0.2, 0.25) is 17.5 Å². The number of ether oxygens (including phenoxy) is 6. The Hall–Kier alpha value is -3.87. The maximum Gasteiger partial charge on any atom is 0.239 e. The van der Waals surface area contributed by atoms with Gasteiger partial charge in [-0.05, 0) is 25.1 Å².